The van der Waals surface area contributed by atoms with Crippen molar-refractivity contribution in [3.8, 4) is 5.75 Å². The summed E-state index contributed by atoms with van der Waals surface area (Å²) >= 11 is 0. The first-order valence-corrected chi connectivity index (χ1v) is 4.78. The fourth-order valence-electron chi connectivity index (χ4n) is 1.38. The van der Waals surface area contributed by atoms with Crippen LogP contribution in [0.3, 0.4) is 0 Å². The quantitative estimate of drug-likeness (QED) is 0.693. The minimum Gasteiger partial charge on any atom is -0.451 e. The molecule has 2 rings (SSSR count). The van der Waals surface area contributed by atoms with Crippen LogP contribution in [0.4, 0.5) is 0 Å². The summed E-state index contributed by atoms with van der Waals surface area (Å²) in [6, 6.07) is 7.62. The molecule has 0 saturated heterocycles. The smallest absolute Gasteiger partial charge is 0.336 e. The fourth-order valence-corrected chi connectivity index (χ4v) is 1.38. The number of benzene rings is 1. The van der Waals surface area contributed by atoms with Crippen molar-refractivity contribution in [1.82, 2.24) is 0 Å². The Bertz CT molecular complexity index is 421. The normalized spacial score (nSPS) is 19.7. The van der Waals surface area contributed by atoms with Crippen LogP contribution in [0.25, 0.3) is 0 Å². The highest BCUT2D eigenvalue weighted by atomic mass is 16.7. The van der Waals surface area contributed by atoms with E-state index in [-0.39, 0.29) is 5.97 Å². The molecule has 1 aliphatic heterocycles. The van der Waals surface area contributed by atoms with E-state index < -0.39 is 6.29 Å². The topological polar surface area (TPSA) is 35.5 Å². The second-order valence-electron chi connectivity index (χ2n) is 3.51. The summed E-state index contributed by atoms with van der Waals surface area (Å²) in [6.45, 7) is 3.66. The van der Waals surface area contributed by atoms with Crippen molar-refractivity contribution < 1.29 is 14.3 Å². The van der Waals surface area contributed by atoms with Crippen LogP contribution in [0.2, 0.25) is 0 Å². The van der Waals surface area contributed by atoms with Gasteiger partial charge < -0.3 is 9.47 Å². The molecule has 0 fully saturated rings. The van der Waals surface area contributed by atoms with Gasteiger partial charge in [-0.3, -0.25) is 0 Å². The molecule has 0 bridgehead atoms. The summed E-state index contributed by atoms with van der Waals surface area (Å²) in [5.74, 6) is 0.426. The van der Waals surface area contributed by atoms with Crippen LogP contribution in [-0.4, -0.2) is 12.3 Å². The number of carbonyl (C=O) groups excluding carboxylic acids is 1. The lowest BCUT2D eigenvalue weighted by Crippen LogP contribution is -2.16. The molecule has 0 aliphatic carbocycles. The van der Waals surface area contributed by atoms with Gasteiger partial charge in [-0.2, -0.15) is 0 Å². The Morgan fingerprint density at radius 1 is 1.27 bits per heavy atom. The zero-order valence-corrected chi connectivity index (χ0v) is 8.69. The maximum atomic E-state index is 11.1. The average Bonchev–Trinajstić information content (AvgIpc) is 2.50. The second kappa shape index (κ2) is 3.77. The summed E-state index contributed by atoms with van der Waals surface area (Å²) in [7, 11) is 0. The standard InChI is InChI=1S/C12H12O3/c1-8-5-3-4-6-10(8)14-11-7-9(2)12(13)15-11/h3-7,11H,1-2H3. The minimum atomic E-state index is -0.585. The third kappa shape index (κ3) is 2.01. The first kappa shape index (κ1) is 9.77. The molecule has 1 unspecified atom stereocenters. The minimum absolute atomic E-state index is 0.311. The first-order valence-electron chi connectivity index (χ1n) is 4.78. The molecule has 0 amide bonds. The Morgan fingerprint density at radius 3 is 2.60 bits per heavy atom. The molecular formula is C12H12O3. The molecule has 0 saturated carbocycles. The van der Waals surface area contributed by atoms with E-state index in [9.17, 15) is 4.79 Å². The van der Waals surface area contributed by atoms with E-state index in [2.05, 4.69) is 0 Å². The van der Waals surface area contributed by atoms with Crippen molar-refractivity contribution in [2.24, 2.45) is 0 Å². The molecule has 1 aromatic rings. The molecule has 15 heavy (non-hydrogen) atoms. The summed E-state index contributed by atoms with van der Waals surface area (Å²) in [6.07, 6.45) is 1.09. The number of cyclic esters (lactones) is 1. The molecule has 3 heteroatoms. The van der Waals surface area contributed by atoms with Gasteiger partial charge in [0.15, 0.2) is 0 Å². The maximum Gasteiger partial charge on any atom is 0.336 e. The molecule has 78 valence electrons. The van der Waals surface area contributed by atoms with Crippen molar-refractivity contribution in [2.45, 2.75) is 20.1 Å². The van der Waals surface area contributed by atoms with E-state index >= 15 is 0 Å². The largest absolute Gasteiger partial charge is 0.451 e. The van der Waals surface area contributed by atoms with Crippen LogP contribution in [0.15, 0.2) is 35.9 Å². The van der Waals surface area contributed by atoms with Crippen LogP contribution >= 0.6 is 0 Å². The molecule has 3 nitrogen and oxygen atoms in total. The Labute approximate surface area is 88.3 Å². The summed E-state index contributed by atoms with van der Waals surface area (Å²) in [5, 5.41) is 0. The number of ether oxygens (including phenoxy) is 2. The van der Waals surface area contributed by atoms with Crippen molar-refractivity contribution in [3.05, 3.63) is 41.5 Å². The summed E-state index contributed by atoms with van der Waals surface area (Å²) < 4.78 is 10.5. The third-order valence-electron chi connectivity index (χ3n) is 2.27. The Hall–Kier alpha value is -1.77. The zero-order chi connectivity index (χ0) is 10.8. The maximum absolute atomic E-state index is 11.1. The molecule has 1 atom stereocenters. The van der Waals surface area contributed by atoms with Gasteiger partial charge >= 0.3 is 5.97 Å². The molecule has 1 aliphatic rings. The van der Waals surface area contributed by atoms with Crippen molar-refractivity contribution >= 4 is 5.97 Å². The fraction of sp³-hybridized carbons (Fsp3) is 0.250. The van der Waals surface area contributed by atoms with Gasteiger partial charge in [-0.1, -0.05) is 18.2 Å². The van der Waals surface area contributed by atoms with Crippen LogP contribution in [0.5, 0.6) is 5.75 Å². The lowest BCUT2D eigenvalue weighted by atomic mass is 10.2. The number of hydrogen-bond acceptors (Lipinski definition) is 3. The number of hydrogen-bond donors (Lipinski definition) is 0. The molecule has 1 heterocycles. The Kier molecular flexibility index (Phi) is 2.46. The monoisotopic (exact) mass is 204 g/mol. The number of carbonyl (C=O) groups is 1. The Balaban J connectivity index is 2.11. The average molecular weight is 204 g/mol. The molecular weight excluding hydrogens is 192 g/mol. The predicted molar refractivity (Wildman–Crippen MR) is 55.4 cm³/mol. The van der Waals surface area contributed by atoms with Crippen LogP contribution in [0, 0.1) is 6.92 Å². The number of aryl methyl sites for hydroxylation is 1. The molecule has 1 aromatic carbocycles. The predicted octanol–water partition coefficient (Wildman–Crippen LogP) is 2.20. The van der Waals surface area contributed by atoms with Gasteiger partial charge in [0.05, 0.1) is 0 Å². The van der Waals surface area contributed by atoms with Crippen LogP contribution in [-0.2, 0) is 9.53 Å². The van der Waals surface area contributed by atoms with E-state index in [1.54, 1.807) is 13.0 Å². The van der Waals surface area contributed by atoms with Crippen molar-refractivity contribution in [1.29, 1.82) is 0 Å². The van der Waals surface area contributed by atoms with E-state index in [0.29, 0.717) is 5.57 Å². The molecule has 0 radical (unpaired) electrons. The van der Waals surface area contributed by atoms with E-state index in [1.165, 1.54) is 0 Å². The summed E-state index contributed by atoms with van der Waals surface area (Å²) in [5.41, 5.74) is 1.61. The van der Waals surface area contributed by atoms with Gasteiger partial charge in [0.25, 0.3) is 6.29 Å². The van der Waals surface area contributed by atoms with E-state index in [4.69, 9.17) is 9.47 Å². The van der Waals surface area contributed by atoms with Crippen molar-refractivity contribution in [3.63, 3.8) is 0 Å². The zero-order valence-electron chi connectivity index (χ0n) is 8.69. The second-order valence-corrected chi connectivity index (χ2v) is 3.51. The molecule has 0 N–H and O–H groups in total. The summed E-state index contributed by atoms with van der Waals surface area (Å²) in [4.78, 5) is 11.1. The lowest BCUT2D eigenvalue weighted by molar-refractivity contribution is -0.148. The highest BCUT2D eigenvalue weighted by Gasteiger charge is 2.23. The van der Waals surface area contributed by atoms with Gasteiger partial charge in [0.1, 0.15) is 5.75 Å². The first-order chi connectivity index (χ1) is 7.16. The highest BCUT2D eigenvalue weighted by Crippen LogP contribution is 2.21. The van der Waals surface area contributed by atoms with Crippen LogP contribution in [0.1, 0.15) is 12.5 Å². The lowest BCUT2D eigenvalue weighted by Gasteiger charge is -2.12. The van der Waals surface area contributed by atoms with Gasteiger partial charge in [0, 0.05) is 11.6 Å². The van der Waals surface area contributed by atoms with Crippen molar-refractivity contribution in [2.75, 3.05) is 0 Å². The van der Waals surface area contributed by atoms with Gasteiger partial charge in [-0.25, -0.2) is 4.79 Å². The SMILES string of the molecule is CC1=CC(Oc2ccccc2C)OC1=O. The van der Waals surface area contributed by atoms with E-state index in [1.807, 2.05) is 31.2 Å². The Morgan fingerprint density at radius 2 is 2.00 bits per heavy atom. The van der Waals surface area contributed by atoms with Gasteiger partial charge in [-0.05, 0) is 25.5 Å². The van der Waals surface area contributed by atoms with Gasteiger partial charge in [-0.15, -0.1) is 0 Å². The van der Waals surface area contributed by atoms with Crippen LogP contribution < -0.4 is 4.74 Å². The highest BCUT2D eigenvalue weighted by molar-refractivity contribution is 5.90. The number of rotatable bonds is 2. The third-order valence-corrected chi connectivity index (χ3v) is 2.27. The number of para-hydroxylation sites is 1. The number of esters is 1. The van der Waals surface area contributed by atoms with E-state index in [0.717, 1.165) is 11.3 Å². The molecule has 0 spiro atoms. The van der Waals surface area contributed by atoms with Gasteiger partial charge in [0.2, 0.25) is 0 Å². The molecule has 0 aromatic heterocycles.